The zero-order valence-corrected chi connectivity index (χ0v) is 16.3. The number of hydrogen-bond donors (Lipinski definition) is 0. The smallest absolute Gasteiger partial charge is 0.261 e. The Balaban J connectivity index is 2.00. The van der Waals surface area contributed by atoms with Crippen molar-refractivity contribution in [3.05, 3.63) is 72.2 Å². The summed E-state index contributed by atoms with van der Waals surface area (Å²) >= 11 is 0. The molecule has 0 aliphatic rings. The van der Waals surface area contributed by atoms with Crippen molar-refractivity contribution in [1.29, 1.82) is 0 Å². The van der Waals surface area contributed by atoms with E-state index >= 15 is 0 Å². The topological polar surface area (TPSA) is 16.8 Å². The van der Waals surface area contributed by atoms with Crippen molar-refractivity contribution in [1.82, 2.24) is 4.98 Å². The Bertz CT molecular complexity index is 1060. The second-order valence-corrected chi connectivity index (χ2v) is 7.41. The number of hydrogen-bond acceptors (Lipinski definition) is 1. The van der Waals surface area contributed by atoms with E-state index in [9.17, 15) is 13.2 Å². The monoisotopic (exact) mass is 387 g/mol. The summed E-state index contributed by atoms with van der Waals surface area (Å²) in [5.74, 6) is 0. The summed E-state index contributed by atoms with van der Waals surface area (Å²) in [6.45, 7) is 3.74. The Morgan fingerprint density at radius 3 is 2.36 bits per heavy atom. The van der Waals surface area contributed by atoms with E-state index in [1.54, 1.807) is 6.07 Å². The fourth-order valence-corrected chi connectivity index (χ4v) is 2.91. The van der Waals surface area contributed by atoms with Gasteiger partial charge in [-0.05, 0) is 30.2 Å². The third-order valence-electron chi connectivity index (χ3n) is 4.82. The lowest BCUT2D eigenvalue weighted by Crippen LogP contribution is -2.34. The summed E-state index contributed by atoms with van der Waals surface area (Å²) in [4.78, 5) is 4.07. The Morgan fingerprint density at radius 2 is 1.75 bits per heavy atom. The van der Waals surface area contributed by atoms with Crippen LogP contribution in [0.15, 0.2) is 60.9 Å². The van der Waals surface area contributed by atoms with Gasteiger partial charge in [0.25, 0.3) is 0 Å². The van der Waals surface area contributed by atoms with Crippen molar-refractivity contribution >= 4 is 0 Å². The number of nitrogens with zero attached hydrogens (tertiary/aromatic N) is 2. The fraction of sp³-hybridized carbons (Fsp3) is 0.304. The van der Waals surface area contributed by atoms with Crippen LogP contribution in [-0.4, -0.2) is 11.2 Å². The molecule has 0 spiro atoms. The van der Waals surface area contributed by atoms with E-state index in [2.05, 4.69) is 4.98 Å². The lowest BCUT2D eigenvalue weighted by Gasteiger charge is -2.27. The van der Waals surface area contributed by atoms with Gasteiger partial charge in [-0.2, -0.15) is 13.2 Å². The minimum atomic E-state index is -4.70. The largest absolute Gasteiger partial charge is 0.394 e. The molecule has 2 heterocycles. The van der Waals surface area contributed by atoms with Gasteiger partial charge in [0.05, 0.1) is 5.41 Å². The molecule has 0 saturated heterocycles. The van der Waals surface area contributed by atoms with Crippen LogP contribution >= 0.6 is 0 Å². The van der Waals surface area contributed by atoms with E-state index in [-0.39, 0.29) is 5.69 Å². The number of pyridine rings is 2. The van der Waals surface area contributed by atoms with Gasteiger partial charge in [0.15, 0.2) is 6.20 Å². The second kappa shape index (κ2) is 7.38. The molecule has 2 nitrogen and oxygen atoms in total. The van der Waals surface area contributed by atoms with Crippen molar-refractivity contribution in [3.63, 3.8) is 0 Å². The van der Waals surface area contributed by atoms with E-state index < -0.39 is 18.0 Å². The maximum Gasteiger partial charge on any atom is 0.394 e. The highest BCUT2D eigenvalue weighted by Gasteiger charge is 2.47. The maximum atomic E-state index is 13.4. The first-order chi connectivity index (χ1) is 13.9. The normalized spacial score (nSPS) is 13.8. The van der Waals surface area contributed by atoms with Gasteiger partial charge in [0, 0.05) is 44.3 Å². The number of alkyl halides is 3. The first kappa shape index (κ1) is 17.4. The van der Waals surface area contributed by atoms with E-state index in [0.29, 0.717) is 5.56 Å². The first-order valence-electron chi connectivity index (χ1n) is 9.95. The fourth-order valence-electron chi connectivity index (χ4n) is 2.91. The summed E-state index contributed by atoms with van der Waals surface area (Å²) in [7, 11) is 1.95. The van der Waals surface area contributed by atoms with Crippen LogP contribution in [-0.2, 0) is 13.4 Å². The van der Waals surface area contributed by atoms with E-state index in [0.717, 1.165) is 36.2 Å². The van der Waals surface area contributed by atoms with Crippen LogP contribution in [0, 0.1) is 12.3 Å². The highest BCUT2D eigenvalue weighted by atomic mass is 19.4. The molecule has 0 aliphatic heterocycles. The molecule has 28 heavy (non-hydrogen) atoms. The molecule has 0 radical (unpaired) electrons. The molecule has 5 heteroatoms. The number of aryl methyl sites for hydroxylation is 2. The lowest BCUT2D eigenvalue weighted by atomic mass is 9.87. The minimum absolute atomic E-state index is 0.241. The Kier molecular flexibility index (Phi) is 4.59. The van der Waals surface area contributed by atoms with E-state index in [1.807, 2.05) is 61.1 Å². The number of halogens is 3. The Hall–Kier alpha value is -2.69. The molecule has 146 valence electrons. The van der Waals surface area contributed by atoms with Gasteiger partial charge in [-0.3, -0.25) is 4.98 Å². The molecule has 3 aromatic rings. The van der Waals surface area contributed by atoms with Gasteiger partial charge in [-0.25, -0.2) is 4.57 Å². The van der Waals surface area contributed by atoms with Gasteiger partial charge in [-0.1, -0.05) is 38.1 Å². The van der Waals surface area contributed by atoms with E-state index in [4.69, 9.17) is 2.74 Å². The average Bonchev–Trinajstić information content (AvgIpc) is 2.68. The van der Waals surface area contributed by atoms with E-state index in [1.165, 1.54) is 12.3 Å². The number of rotatable bonds is 4. The summed E-state index contributed by atoms with van der Waals surface area (Å²) in [6, 6.07) is 14.8. The molecule has 0 atom stereocenters. The SMILES string of the molecule is [2H]C([2H])(c1ccc(-c2cc[n+](C)c(-c3ccccc3C)c2)cn1)C(C)(C)C(F)(F)F. The minimum Gasteiger partial charge on any atom is -0.261 e. The van der Waals surface area contributed by atoms with Crippen molar-refractivity contribution in [2.24, 2.45) is 12.5 Å². The standard InChI is InChI=1S/C23H24F3N2/c1-16-7-5-6-8-20(16)21-13-17(11-12-28(21)4)18-9-10-19(27-15-18)14-22(2,3)23(24,25)26/h5-13,15H,14H2,1-4H3/q+1/i14D2. The molecule has 0 bridgehead atoms. The van der Waals surface area contributed by atoms with Gasteiger partial charge in [-0.15, -0.1) is 0 Å². The molecular formula is C23H24F3N2+. The van der Waals surface area contributed by atoms with Crippen molar-refractivity contribution < 1.29 is 20.5 Å². The van der Waals surface area contributed by atoms with Crippen molar-refractivity contribution in [2.75, 3.05) is 0 Å². The summed E-state index contributed by atoms with van der Waals surface area (Å²) in [5, 5.41) is 0. The van der Waals surface area contributed by atoms with Gasteiger partial charge in [0.1, 0.15) is 7.05 Å². The molecule has 2 aromatic heterocycles. The molecule has 0 unspecified atom stereocenters. The Morgan fingerprint density at radius 1 is 1.04 bits per heavy atom. The quantitative estimate of drug-likeness (QED) is 0.526. The molecule has 3 rings (SSSR count). The van der Waals surface area contributed by atoms with Crippen LogP contribution in [0.3, 0.4) is 0 Å². The van der Waals surface area contributed by atoms with Crippen LogP contribution in [0.5, 0.6) is 0 Å². The third-order valence-corrected chi connectivity index (χ3v) is 4.82. The summed E-state index contributed by atoms with van der Waals surface area (Å²) in [5.41, 5.74) is 1.93. The first-order valence-corrected chi connectivity index (χ1v) is 8.95. The van der Waals surface area contributed by atoms with Crippen LogP contribution < -0.4 is 4.57 Å². The predicted molar refractivity (Wildman–Crippen MR) is 105 cm³/mol. The molecule has 0 amide bonds. The molecule has 1 aromatic carbocycles. The van der Waals surface area contributed by atoms with Crippen LogP contribution in [0.4, 0.5) is 13.2 Å². The van der Waals surface area contributed by atoms with Gasteiger partial charge in [0.2, 0.25) is 5.69 Å². The van der Waals surface area contributed by atoms with Gasteiger partial charge < -0.3 is 0 Å². The molecule has 0 N–H and O–H groups in total. The highest BCUT2D eigenvalue weighted by molar-refractivity contribution is 5.69. The maximum absolute atomic E-state index is 13.4. The van der Waals surface area contributed by atoms with Crippen LogP contribution in [0.2, 0.25) is 0 Å². The third kappa shape index (κ3) is 4.08. The van der Waals surface area contributed by atoms with Gasteiger partial charge >= 0.3 is 6.18 Å². The number of benzene rings is 1. The summed E-state index contributed by atoms with van der Waals surface area (Å²) in [6.07, 6.45) is -4.03. The molecule has 0 fully saturated rings. The zero-order valence-electron chi connectivity index (χ0n) is 18.3. The molecule has 0 aliphatic carbocycles. The van der Waals surface area contributed by atoms with Crippen molar-refractivity contribution in [2.45, 2.75) is 33.3 Å². The lowest BCUT2D eigenvalue weighted by molar-refractivity contribution is -0.660. The Labute approximate surface area is 166 Å². The molecule has 0 saturated carbocycles. The van der Waals surface area contributed by atoms with Crippen LogP contribution in [0.25, 0.3) is 22.4 Å². The van der Waals surface area contributed by atoms with Crippen LogP contribution in [0.1, 0.15) is 27.8 Å². The highest BCUT2D eigenvalue weighted by Crippen LogP contribution is 2.40. The molecular weight excluding hydrogens is 361 g/mol. The predicted octanol–water partition coefficient (Wildman–Crippen LogP) is 5.68. The number of aromatic nitrogens is 2. The average molecular weight is 387 g/mol. The summed E-state index contributed by atoms with van der Waals surface area (Å²) < 4.78 is 58.3. The zero-order chi connectivity index (χ0) is 22.3. The second-order valence-electron chi connectivity index (χ2n) is 7.41. The van der Waals surface area contributed by atoms with Crippen molar-refractivity contribution in [3.8, 4) is 22.4 Å².